The molecular weight excluding hydrogens is 254 g/mol. The first-order valence-electron chi connectivity index (χ1n) is 6.85. The number of anilines is 1. The summed E-state index contributed by atoms with van der Waals surface area (Å²) in [4.78, 5) is 23.9. The second-order valence-corrected chi connectivity index (χ2v) is 5.64. The number of carbonyl (C=O) groups is 2. The summed E-state index contributed by atoms with van der Waals surface area (Å²) in [5.74, 6) is -2.03. The number of amides is 1. The van der Waals surface area contributed by atoms with Gasteiger partial charge < -0.3 is 10.4 Å². The lowest BCUT2D eigenvalue weighted by Gasteiger charge is -2.24. The van der Waals surface area contributed by atoms with Crippen molar-refractivity contribution in [2.24, 2.45) is 23.7 Å². The molecule has 1 amide bonds. The van der Waals surface area contributed by atoms with Crippen LogP contribution in [0.1, 0.15) is 12.0 Å². The average molecular weight is 271 g/mol. The number of carbonyl (C=O) groups excluding carboxylic acids is 1. The first kappa shape index (κ1) is 12.9. The summed E-state index contributed by atoms with van der Waals surface area (Å²) in [6.45, 7) is 1.92. The van der Waals surface area contributed by atoms with E-state index < -0.39 is 17.8 Å². The van der Waals surface area contributed by atoms with Gasteiger partial charge in [-0.15, -0.1) is 0 Å². The number of para-hydroxylation sites is 1. The first-order valence-corrected chi connectivity index (χ1v) is 6.85. The molecule has 0 saturated heterocycles. The molecule has 104 valence electrons. The molecule has 2 aliphatic carbocycles. The Balaban J connectivity index is 1.82. The Labute approximate surface area is 117 Å². The van der Waals surface area contributed by atoms with Crippen LogP contribution >= 0.6 is 0 Å². The van der Waals surface area contributed by atoms with Crippen molar-refractivity contribution in [1.82, 2.24) is 0 Å². The number of benzene rings is 1. The van der Waals surface area contributed by atoms with Crippen LogP contribution in [0.4, 0.5) is 5.69 Å². The minimum absolute atomic E-state index is 0.00474. The predicted octanol–water partition coefficient (Wildman–Crippen LogP) is 2.46. The summed E-state index contributed by atoms with van der Waals surface area (Å²) in [5, 5.41) is 12.2. The van der Waals surface area contributed by atoms with Crippen LogP contribution in [0.2, 0.25) is 0 Å². The van der Waals surface area contributed by atoms with Crippen molar-refractivity contribution in [3.05, 3.63) is 42.0 Å². The standard InChI is InChI=1S/C16H17NO3/c1-9-4-2-3-5-12(9)17-15(18)13-10-6-7-11(8-10)14(13)16(19)20/h2-7,10-11,13-14H,8H2,1H3,(H,17,18)(H,19,20)/t10-,11-,13-,14-/m0/s1. The summed E-state index contributed by atoms with van der Waals surface area (Å²) in [5.41, 5.74) is 1.74. The van der Waals surface area contributed by atoms with Crippen LogP contribution < -0.4 is 5.32 Å². The van der Waals surface area contributed by atoms with Gasteiger partial charge in [-0.1, -0.05) is 30.4 Å². The molecule has 1 aromatic rings. The van der Waals surface area contributed by atoms with Crippen LogP contribution in [0.25, 0.3) is 0 Å². The Bertz CT molecular complexity index is 593. The molecular formula is C16H17NO3. The topological polar surface area (TPSA) is 66.4 Å². The molecule has 0 radical (unpaired) electrons. The molecule has 0 aliphatic heterocycles. The third-order valence-corrected chi connectivity index (χ3v) is 4.45. The third-order valence-electron chi connectivity index (χ3n) is 4.45. The summed E-state index contributed by atoms with van der Waals surface area (Å²) in [6.07, 6.45) is 4.72. The monoisotopic (exact) mass is 271 g/mol. The van der Waals surface area contributed by atoms with Crippen LogP contribution in [-0.4, -0.2) is 17.0 Å². The van der Waals surface area contributed by atoms with Gasteiger partial charge in [0.05, 0.1) is 11.8 Å². The highest BCUT2D eigenvalue weighted by atomic mass is 16.4. The van der Waals surface area contributed by atoms with Crippen molar-refractivity contribution in [2.75, 3.05) is 5.32 Å². The molecule has 1 aromatic carbocycles. The molecule has 2 bridgehead atoms. The number of aryl methyl sites for hydroxylation is 1. The molecule has 2 N–H and O–H groups in total. The summed E-state index contributed by atoms with van der Waals surface area (Å²) >= 11 is 0. The first-order chi connectivity index (χ1) is 9.58. The van der Waals surface area contributed by atoms with Crippen molar-refractivity contribution in [1.29, 1.82) is 0 Å². The number of allylic oxidation sites excluding steroid dienone is 2. The lowest BCUT2D eigenvalue weighted by Crippen LogP contribution is -2.36. The van der Waals surface area contributed by atoms with Crippen molar-refractivity contribution < 1.29 is 14.7 Å². The molecule has 3 rings (SSSR count). The van der Waals surface area contributed by atoms with E-state index in [1.165, 1.54) is 0 Å². The van der Waals surface area contributed by atoms with Gasteiger partial charge in [0.15, 0.2) is 0 Å². The number of carboxylic acid groups (broad SMARTS) is 1. The van der Waals surface area contributed by atoms with Gasteiger partial charge in [-0.05, 0) is 36.8 Å². The Kier molecular flexibility index (Phi) is 3.08. The molecule has 0 spiro atoms. The van der Waals surface area contributed by atoms with E-state index in [-0.39, 0.29) is 17.7 Å². The van der Waals surface area contributed by atoms with E-state index in [0.717, 1.165) is 17.7 Å². The molecule has 20 heavy (non-hydrogen) atoms. The Morgan fingerprint density at radius 3 is 2.45 bits per heavy atom. The maximum Gasteiger partial charge on any atom is 0.307 e. The smallest absolute Gasteiger partial charge is 0.307 e. The minimum atomic E-state index is -0.869. The molecule has 4 heteroatoms. The molecule has 2 aliphatic rings. The van der Waals surface area contributed by atoms with Gasteiger partial charge in [0.2, 0.25) is 5.91 Å². The molecule has 1 saturated carbocycles. The second kappa shape index (κ2) is 4.78. The number of hydrogen-bond acceptors (Lipinski definition) is 2. The van der Waals surface area contributed by atoms with Gasteiger partial charge >= 0.3 is 5.97 Å². The van der Waals surface area contributed by atoms with E-state index in [0.29, 0.717) is 0 Å². The van der Waals surface area contributed by atoms with E-state index >= 15 is 0 Å². The van der Waals surface area contributed by atoms with Gasteiger partial charge in [0, 0.05) is 5.69 Å². The fourth-order valence-corrected chi connectivity index (χ4v) is 3.45. The zero-order valence-electron chi connectivity index (χ0n) is 11.2. The maximum atomic E-state index is 12.5. The molecule has 4 nitrogen and oxygen atoms in total. The van der Waals surface area contributed by atoms with E-state index in [4.69, 9.17) is 0 Å². The third kappa shape index (κ3) is 2.01. The number of nitrogens with one attached hydrogen (secondary N) is 1. The van der Waals surface area contributed by atoms with Gasteiger partial charge in [0.1, 0.15) is 0 Å². The van der Waals surface area contributed by atoms with Crippen molar-refractivity contribution in [3.8, 4) is 0 Å². The SMILES string of the molecule is Cc1ccccc1NC(=O)[C@@H]1[C@@H](C(=O)O)[C@H]2C=C[C@H]1C2. The van der Waals surface area contributed by atoms with E-state index in [1.54, 1.807) is 0 Å². The Hall–Kier alpha value is -2.10. The van der Waals surface area contributed by atoms with Gasteiger partial charge in [-0.3, -0.25) is 9.59 Å². The molecule has 1 fully saturated rings. The van der Waals surface area contributed by atoms with E-state index in [1.807, 2.05) is 43.3 Å². The highest BCUT2D eigenvalue weighted by Crippen LogP contribution is 2.48. The Morgan fingerprint density at radius 1 is 1.15 bits per heavy atom. The number of hydrogen-bond donors (Lipinski definition) is 2. The highest BCUT2D eigenvalue weighted by Gasteiger charge is 2.51. The molecule has 4 atom stereocenters. The summed E-state index contributed by atoms with van der Waals surface area (Å²) in [7, 11) is 0. The lowest BCUT2D eigenvalue weighted by molar-refractivity contribution is -0.146. The van der Waals surface area contributed by atoms with E-state index in [9.17, 15) is 14.7 Å². The van der Waals surface area contributed by atoms with Crippen molar-refractivity contribution in [3.63, 3.8) is 0 Å². The largest absolute Gasteiger partial charge is 0.481 e. The number of rotatable bonds is 3. The maximum absolute atomic E-state index is 12.5. The average Bonchev–Trinajstić information content (AvgIpc) is 3.01. The van der Waals surface area contributed by atoms with Crippen LogP contribution in [-0.2, 0) is 9.59 Å². The van der Waals surface area contributed by atoms with Crippen LogP contribution in [0, 0.1) is 30.6 Å². The zero-order valence-corrected chi connectivity index (χ0v) is 11.2. The van der Waals surface area contributed by atoms with Crippen LogP contribution in [0.5, 0.6) is 0 Å². The number of fused-ring (bicyclic) bond motifs is 2. The van der Waals surface area contributed by atoms with Gasteiger partial charge in [-0.2, -0.15) is 0 Å². The fourth-order valence-electron chi connectivity index (χ4n) is 3.45. The molecule has 0 heterocycles. The van der Waals surface area contributed by atoms with Gasteiger partial charge in [0.25, 0.3) is 0 Å². The summed E-state index contributed by atoms with van der Waals surface area (Å²) < 4.78 is 0. The molecule has 0 aromatic heterocycles. The normalized spacial score (nSPS) is 30.4. The fraction of sp³-hybridized carbons (Fsp3) is 0.375. The van der Waals surface area contributed by atoms with Crippen molar-refractivity contribution >= 4 is 17.6 Å². The van der Waals surface area contributed by atoms with E-state index in [2.05, 4.69) is 5.32 Å². The number of carboxylic acids is 1. The second-order valence-electron chi connectivity index (χ2n) is 5.64. The minimum Gasteiger partial charge on any atom is -0.481 e. The van der Waals surface area contributed by atoms with Gasteiger partial charge in [-0.25, -0.2) is 0 Å². The Morgan fingerprint density at radius 2 is 1.80 bits per heavy atom. The highest BCUT2D eigenvalue weighted by molar-refractivity contribution is 5.96. The quantitative estimate of drug-likeness (QED) is 0.830. The van der Waals surface area contributed by atoms with Crippen LogP contribution in [0.15, 0.2) is 36.4 Å². The number of aliphatic carboxylic acids is 1. The lowest BCUT2D eigenvalue weighted by atomic mass is 9.82. The molecule has 0 unspecified atom stereocenters. The summed E-state index contributed by atoms with van der Waals surface area (Å²) in [6, 6.07) is 7.53. The zero-order chi connectivity index (χ0) is 14.3. The predicted molar refractivity (Wildman–Crippen MR) is 75.2 cm³/mol. The van der Waals surface area contributed by atoms with Crippen molar-refractivity contribution in [2.45, 2.75) is 13.3 Å². The van der Waals surface area contributed by atoms with Crippen LogP contribution in [0.3, 0.4) is 0 Å².